The first kappa shape index (κ1) is 13.2. The number of halogens is 2. The maximum atomic E-state index is 12.0. The summed E-state index contributed by atoms with van der Waals surface area (Å²) in [5.41, 5.74) is 7.16. The van der Waals surface area contributed by atoms with Gasteiger partial charge in [-0.05, 0) is 52.9 Å². The quantitative estimate of drug-likeness (QED) is 0.623. The van der Waals surface area contributed by atoms with Crippen molar-refractivity contribution in [3.05, 3.63) is 56.6 Å². The van der Waals surface area contributed by atoms with E-state index in [2.05, 4.69) is 27.9 Å². The molecule has 2 rings (SSSR count). The lowest BCUT2D eigenvalue weighted by Crippen LogP contribution is -2.13. The number of anilines is 2. The van der Waals surface area contributed by atoms with Gasteiger partial charge in [0.2, 0.25) is 0 Å². The van der Waals surface area contributed by atoms with Gasteiger partial charge in [0.25, 0.3) is 5.91 Å². The van der Waals surface area contributed by atoms with Gasteiger partial charge in [-0.15, -0.1) is 0 Å². The molecule has 18 heavy (non-hydrogen) atoms. The molecule has 0 saturated carbocycles. The van der Waals surface area contributed by atoms with Gasteiger partial charge >= 0.3 is 0 Å². The van der Waals surface area contributed by atoms with E-state index >= 15 is 0 Å². The molecule has 0 fully saturated rings. The minimum atomic E-state index is -0.269. The molecule has 0 aliphatic heterocycles. The zero-order valence-electron chi connectivity index (χ0n) is 9.28. The molecule has 0 aliphatic rings. The fraction of sp³-hybridized carbons (Fsp3) is 0. The van der Waals surface area contributed by atoms with Gasteiger partial charge < -0.3 is 11.1 Å². The first-order chi connectivity index (χ1) is 8.58. The summed E-state index contributed by atoms with van der Waals surface area (Å²) >= 11 is 8.18. The summed E-state index contributed by atoms with van der Waals surface area (Å²) in [6.45, 7) is 0. The summed E-state index contributed by atoms with van der Waals surface area (Å²) in [6, 6.07) is 12.5. The number of nitrogens with one attached hydrogen (secondary N) is 1. The Morgan fingerprint density at radius 2 is 1.94 bits per heavy atom. The van der Waals surface area contributed by atoms with Crippen molar-refractivity contribution in [3.8, 4) is 0 Å². The van der Waals surface area contributed by atoms with Crippen molar-refractivity contribution in [2.24, 2.45) is 0 Å². The van der Waals surface area contributed by atoms with Crippen LogP contribution in [0.4, 0.5) is 11.4 Å². The highest BCUT2D eigenvalue weighted by molar-refractivity contribution is 14.1. The van der Waals surface area contributed by atoms with E-state index in [1.165, 1.54) is 0 Å². The van der Waals surface area contributed by atoms with E-state index in [4.69, 9.17) is 17.3 Å². The van der Waals surface area contributed by atoms with Gasteiger partial charge in [0.05, 0.1) is 16.3 Å². The summed E-state index contributed by atoms with van der Waals surface area (Å²) < 4.78 is 1.05. The van der Waals surface area contributed by atoms with Crippen molar-refractivity contribution < 1.29 is 4.79 Å². The van der Waals surface area contributed by atoms with Crippen LogP contribution in [0.2, 0.25) is 5.02 Å². The second-order valence-corrected chi connectivity index (χ2v) is 5.30. The van der Waals surface area contributed by atoms with E-state index < -0.39 is 0 Å². The monoisotopic (exact) mass is 372 g/mol. The smallest absolute Gasteiger partial charge is 0.257 e. The van der Waals surface area contributed by atoms with Crippen molar-refractivity contribution in [3.63, 3.8) is 0 Å². The first-order valence-corrected chi connectivity index (χ1v) is 6.64. The van der Waals surface area contributed by atoms with Crippen LogP contribution in [0.1, 0.15) is 10.4 Å². The van der Waals surface area contributed by atoms with Crippen molar-refractivity contribution in [1.29, 1.82) is 0 Å². The Hall–Kier alpha value is -1.27. The fourth-order valence-electron chi connectivity index (χ4n) is 1.49. The fourth-order valence-corrected chi connectivity index (χ4v) is 2.24. The number of nitrogen functional groups attached to an aromatic ring is 1. The van der Waals surface area contributed by atoms with Crippen LogP contribution in [-0.4, -0.2) is 5.91 Å². The lowest BCUT2D eigenvalue weighted by atomic mass is 10.2. The summed E-state index contributed by atoms with van der Waals surface area (Å²) in [5.74, 6) is -0.269. The van der Waals surface area contributed by atoms with E-state index in [-0.39, 0.29) is 10.9 Å². The molecule has 2 aromatic carbocycles. The third-order valence-electron chi connectivity index (χ3n) is 2.36. The Bertz CT molecular complexity index is 601. The standard InChI is InChI=1S/C13H10ClIN2O/c14-12-10(5-2-6-11(12)16)13(18)17-9-4-1-3-8(15)7-9/h1-7H,16H2,(H,17,18). The van der Waals surface area contributed by atoms with E-state index in [0.29, 0.717) is 11.3 Å². The van der Waals surface area contributed by atoms with Crippen LogP contribution in [-0.2, 0) is 0 Å². The molecule has 0 unspecified atom stereocenters. The van der Waals surface area contributed by atoms with Gasteiger partial charge in [-0.3, -0.25) is 4.79 Å². The van der Waals surface area contributed by atoms with Crippen molar-refractivity contribution in [2.45, 2.75) is 0 Å². The lowest BCUT2D eigenvalue weighted by molar-refractivity contribution is 0.102. The van der Waals surface area contributed by atoms with E-state index in [1.807, 2.05) is 24.3 Å². The summed E-state index contributed by atoms with van der Waals surface area (Å²) in [5, 5.41) is 3.06. The molecule has 0 spiro atoms. The first-order valence-electron chi connectivity index (χ1n) is 5.19. The average Bonchev–Trinajstić information content (AvgIpc) is 2.32. The number of benzene rings is 2. The summed E-state index contributed by atoms with van der Waals surface area (Å²) in [4.78, 5) is 12.0. The van der Waals surface area contributed by atoms with Crippen LogP contribution in [0.15, 0.2) is 42.5 Å². The van der Waals surface area contributed by atoms with Crippen LogP contribution in [0.25, 0.3) is 0 Å². The summed E-state index contributed by atoms with van der Waals surface area (Å²) in [7, 11) is 0. The highest BCUT2D eigenvalue weighted by Gasteiger charge is 2.12. The van der Waals surface area contributed by atoms with Gasteiger partial charge in [-0.25, -0.2) is 0 Å². The van der Waals surface area contributed by atoms with Gasteiger partial charge in [-0.1, -0.05) is 23.7 Å². The van der Waals surface area contributed by atoms with Crippen molar-refractivity contribution in [2.75, 3.05) is 11.1 Å². The molecule has 2 aromatic rings. The predicted octanol–water partition coefficient (Wildman–Crippen LogP) is 3.78. The average molecular weight is 373 g/mol. The van der Waals surface area contributed by atoms with Crippen LogP contribution in [0, 0.1) is 3.57 Å². The second-order valence-electron chi connectivity index (χ2n) is 3.67. The Labute approximate surface area is 123 Å². The number of carbonyl (C=O) groups excluding carboxylic acids is 1. The molecule has 0 bridgehead atoms. The van der Waals surface area contributed by atoms with Gasteiger partial charge in [0, 0.05) is 9.26 Å². The molecule has 5 heteroatoms. The zero-order chi connectivity index (χ0) is 13.1. The van der Waals surface area contributed by atoms with Gasteiger partial charge in [0.15, 0.2) is 0 Å². The molecule has 3 nitrogen and oxygen atoms in total. The Balaban J connectivity index is 2.25. The predicted molar refractivity (Wildman–Crippen MR) is 83.0 cm³/mol. The molecule has 0 radical (unpaired) electrons. The molecule has 0 aliphatic carbocycles. The zero-order valence-corrected chi connectivity index (χ0v) is 12.2. The minimum absolute atomic E-state index is 0.269. The van der Waals surface area contributed by atoms with Crippen LogP contribution >= 0.6 is 34.2 Å². The third-order valence-corrected chi connectivity index (χ3v) is 3.45. The third kappa shape index (κ3) is 2.94. The maximum absolute atomic E-state index is 12.0. The number of hydrogen-bond acceptors (Lipinski definition) is 2. The number of rotatable bonds is 2. The van der Waals surface area contributed by atoms with Crippen molar-refractivity contribution in [1.82, 2.24) is 0 Å². The maximum Gasteiger partial charge on any atom is 0.257 e. The van der Waals surface area contributed by atoms with Crippen LogP contribution < -0.4 is 11.1 Å². The van der Waals surface area contributed by atoms with Crippen molar-refractivity contribution >= 4 is 51.5 Å². The normalized spacial score (nSPS) is 10.1. The topological polar surface area (TPSA) is 55.1 Å². The molecule has 0 atom stereocenters. The van der Waals surface area contributed by atoms with Gasteiger partial charge in [0.1, 0.15) is 0 Å². The van der Waals surface area contributed by atoms with Crippen LogP contribution in [0.3, 0.4) is 0 Å². The van der Waals surface area contributed by atoms with Gasteiger partial charge in [-0.2, -0.15) is 0 Å². The molecule has 92 valence electrons. The SMILES string of the molecule is Nc1cccc(C(=O)Nc2cccc(I)c2)c1Cl. The Morgan fingerprint density at radius 3 is 2.67 bits per heavy atom. The number of nitrogens with two attached hydrogens (primary N) is 1. The van der Waals surface area contributed by atoms with E-state index in [9.17, 15) is 4.79 Å². The largest absolute Gasteiger partial charge is 0.398 e. The molecular weight excluding hydrogens is 363 g/mol. The number of amides is 1. The molecule has 0 heterocycles. The highest BCUT2D eigenvalue weighted by atomic mass is 127. The molecular formula is C13H10ClIN2O. The minimum Gasteiger partial charge on any atom is -0.398 e. The Morgan fingerprint density at radius 1 is 1.22 bits per heavy atom. The second kappa shape index (κ2) is 5.58. The molecule has 0 aromatic heterocycles. The van der Waals surface area contributed by atoms with E-state index in [0.717, 1.165) is 9.26 Å². The number of hydrogen-bond donors (Lipinski definition) is 2. The molecule has 3 N–H and O–H groups in total. The lowest BCUT2D eigenvalue weighted by Gasteiger charge is -2.08. The molecule has 0 saturated heterocycles. The summed E-state index contributed by atoms with van der Waals surface area (Å²) in [6.07, 6.45) is 0. The Kier molecular flexibility index (Phi) is 4.08. The number of carbonyl (C=O) groups is 1. The highest BCUT2D eigenvalue weighted by Crippen LogP contribution is 2.24. The van der Waals surface area contributed by atoms with E-state index in [1.54, 1.807) is 18.2 Å². The van der Waals surface area contributed by atoms with Crippen LogP contribution in [0.5, 0.6) is 0 Å². The molecule has 1 amide bonds.